The molecule has 1 aliphatic rings. The van der Waals surface area contributed by atoms with Gasteiger partial charge >= 0.3 is 0 Å². The highest BCUT2D eigenvalue weighted by molar-refractivity contribution is 5.63. The monoisotopic (exact) mass is 447 g/mol. The number of benzene rings is 2. The fourth-order valence-corrected chi connectivity index (χ4v) is 4.27. The van der Waals surface area contributed by atoms with Gasteiger partial charge in [0.05, 0.1) is 24.9 Å². The van der Waals surface area contributed by atoms with Crippen LogP contribution in [0.2, 0.25) is 0 Å². The first-order chi connectivity index (χ1) is 15.4. The quantitative estimate of drug-likeness (QED) is 0.418. The number of hydrogen-bond donors (Lipinski definition) is 4. The van der Waals surface area contributed by atoms with Gasteiger partial charge in [0.25, 0.3) is 0 Å². The Bertz CT molecular complexity index is 814. The molecule has 2 aromatic rings. The summed E-state index contributed by atoms with van der Waals surface area (Å²) in [6.07, 6.45) is -1.58. The molecular weight excluding hydrogens is 413 g/mol. The Balaban J connectivity index is 1.34. The van der Waals surface area contributed by atoms with E-state index in [9.17, 15) is 24.8 Å². The Kier molecular flexibility index (Phi) is 9.16. The van der Waals surface area contributed by atoms with Gasteiger partial charge in [-0.1, -0.05) is 36.4 Å². The summed E-state index contributed by atoms with van der Waals surface area (Å²) in [6.45, 7) is 3.60. The molecule has 176 valence electrons. The molecular formula is C25H34FNO5. The van der Waals surface area contributed by atoms with Crippen LogP contribution in [0.1, 0.15) is 31.7 Å². The summed E-state index contributed by atoms with van der Waals surface area (Å²) in [4.78, 5) is 1.86. The largest absolute Gasteiger partial charge is 0.392 e. The van der Waals surface area contributed by atoms with E-state index in [4.69, 9.17) is 4.74 Å². The molecule has 0 unspecified atom stereocenters. The fourth-order valence-electron chi connectivity index (χ4n) is 4.27. The van der Waals surface area contributed by atoms with Crippen LogP contribution < -0.4 is 0 Å². The van der Waals surface area contributed by atoms with Gasteiger partial charge in [0.1, 0.15) is 18.0 Å². The molecule has 0 spiro atoms. The summed E-state index contributed by atoms with van der Waals surface area (Å²) in [5.41, 5.74) is 3.08. The van der Waals surface area contributed by atoms with Crippen LogP contribution in [-0.2, 0) is 11.3 Å². The van der Waals surface area contributed by atoms with E-state index in [0.717, 1.165) is 36.0 Å². The molecule has 5 atom stereocenters. The first-order valence-electron chi connectivity index (χ1n) is 11.3. The van der Waals surface area contributed by atoms with Gasteiger partial charge in [-0.15, -0.1) is 0 Å². The SMILES string of the molecule is C[C@@H](O)[C@H]1[C@@H](O)[C@H](O)[C@@H](O)CN1CCCCCOCc1ccc(-c2ccc(F)cc2)cc1. The van der Waals surface area contributed by atoms with E-state index in [1.807, 2.05) is 29.2 Å². The zero-order valence-electron chi connectivity index (χ0n) is 18.5. The number of rotatable bonds is 10. The summed E-state index contributed by atoms with van der Waals surface area (Å²) >= 11 is 0. The summed E-state index contributed by atoms with van der Waals surface area (Å²) in [7, 11) is 0. The highest BCUT2D eigenvalue weighted by Gasteiger charge is 2.43. The van der Waals surface area contributed by atoms with Crippen molar-refractivity contribution < 1.29 is 29.6 Å². The average molecular weight is 448 g/mol. The topological polar surface area (TPSA) is 93.4 Å². The molecule has 0 aliphatic carbocycles. The summed E-state index contributed by atoms with van der Waals surface area (Å²) < 4.78 is 18.8. The van der Waals surface area contributed by atoms with Crippen LogP contribution in [0.15, 0.2) is 48.5 Å². The number of aliphatic hydroxyl groups excluding tert-OH is 4. The minimum absolute atomic E-state index is 0.234. The Morgan fingerprint density at radius 2 is 1.56 bits per heavy atom. The number of ether oxygens (including phenoxy) is 1. The van der Waals surface area contributed by atoms with Gasteiger partial charge in [0.2, 0.25) is 0 Å². The molecule has 32 heavy (non-hydrogen) atoms. The lowest BCUT2D eigenvalue weighted by atomic mass is 9.90. The summed E-state index contributed by atoms with van der Waals surface area (Å²) in [6, 6.07) is 13.9. The molecule has 1 fully saturated rings. The number of piperidine rings is 1. The lowest BCUT2D eigenvalue weighted by Crippen LogP contribution is -2.64. The highest BCUT2D eigenvalue weighted by Crippen LogP contribution is 2.23. The van der Waals surface area contributed by atoms with Crippen LogP contribution in [0, 0.1) is 5.82 Å². The number of aliphatic hydroxyl groups is 4. The molecule has 7 heteroatoms. The second-order valence-electron chi connectivity index (χ2n) is 8.59. The zero-order chi connectivity index (χ0) is 23.1. The van der Waals surface area contributed by atoms with Crippen molar-refractivity contribution in [1.82, 2.24) is 4.90 Å². The second-order valence-corrected chi connectivity index (χ2v) is 8.59. The molecule has 2 aromatic carbocycles. The van der Waals surface area contributed by atoms with Gasteiger partial charge in [0.15, 0.2) is 0 Å². The van der Waals surface area contributed by atoms with Crippen molar-refractivity contribution in [2.24, 2.45) is 0 Å². The Morgan fingerprint density at radius 1 is 0.938 bits per heavy atom. The number of halogens is 1. The Hall–Kier alpha value is -1.87. The minimum Gasteiger partial charge on any atom is -0.392 e. The van der Waals surface area contributed by atoms with Gasteiger partial charge in [-0.3, -0.25) is 4.90 Å². The van der Waals surface area contributed by atoms with Crippen molar-refractivity contribution in [3.63, 3.8) is 0 Å². The van der Waals surface area contributed by atoms with Crippen molar-refractivity contribution in [2.75, 3.05) is 19.7 Å². The van der Waals surface area contributed by atoms with E-state index in [1.54, 1.807) is 19.1 Å². The maximum atomic E-state index is 13.0. The van der Waals surface area contributed by atoms with E-state index < -0.39 is 30.5 Å². The molecule has 0 bridgehead atoms. The van der Waals surface area contributed by atoms with Crippen LogP contribution in [0.5, 0.6) is 0 Å². The Labute approximate surface area is 188 Å². The lowest BCUT2D eigenvalue weighted by Gasteiger charge is -2.45. The first kappa shape index (κ1) is 24.8. The van der Waals surface area contributed by atoms with Crippen molar-refractivity contribution in [2.45, 2.75) is 63.3 Å². The molecule has 6 nitrogen and oxygen atoms in total. The zero-order valence-corrected chi connectivity index (χ0v) is 18.5. The van der Waals surface area contributed by atoms with Gasteiger partial charge in [-0.05, 0) is 61.6 Å². The molecule has 0 saturated carbocycles. The second kappa shape index (κ2) is 11.8. The fraction of sp³-hybridized carbons (Fsp3) is 0.520. The highest BCUT2D eigenvalue weighted by atomic mass is 19.1. The molecule has 1 saturated heterocycles. The molecule has 0 amide bonds. The maximum Gasteiger partial charge on any atom is 0.123 e. The molecule has 1 heterocycles. The van der Waals surface area contributed by atoms with Crippen molar-refractivity contribution >= 4 is 0 Å². The van der Waals surface area contributed by atoms with Gasteiger partial charge in [0, 0.05) is 13.2 Å². The third-order valence-electron chi connectivity index (χ3n) is 6.07. The molecule has 1 aliphatic heterocycles. The standard InChI is InChI=1S/C25H34FNO5/c1-17(28)23-25(31)24(30)22(29)15-27(23)13-3-2-4-14-32-16-18-5-7-19(8-6-18)20-9-11-21(26)12-10-20/h5-12,17,22-25,28-31H,2-4,13-16H2,1H3/t17-,22+,23+,24-,25-/m1/s1. The lowest BCUT2D eigenvalue weighted by molar-refractivity contribution is -0.157. The molecule has 0 radical (unpaired) electrons. The third kappa shape index (κ3) is 6.57. The smallest absolute Gasteiger partial charge is 0.123 e. The predicted molar refractivity (Wildman–Crippen MR) is 120 cm³/mol. The number of likely N-dealkylation sites (tertiary alicyclic amines) is 1. The summed E-state index contributed by atoms with van der Waals surface area (Å²) in [5.74, 6) is -0.244. The molecule has 3 rings (SSSR count). The number of β-amino-alcohol motifs (C(OH)–C–C–N with tert-alkyl or cyclic N) is 1. The number of nitrogens with zero attached hydrogens (tertiary/aromatic N) is 1. The molecule has 0 aromatic heterocycles. The third-order valence-corrected chi connectivity index (χ3v) is 6.07. The van der Waals surface area contributed by atoms with Crippen LogP contribution >= 0.6 is 0 Å². The van der Waals surface area contributed by atoms with E-state index in [2.05, 4.69) is 0 Å². The van der Waals surface area contributed by atoms with Gasteiger partial charge in [-0.2, -0.15) is 0 Å². The minimum atomic E-state index is -1.23. The first-order valence-corrected chi connectivity index (χ1v) is 11.3. The number of unbranched alkanes of at least 4 members (excludes halogenated alkanes) is 2. The van der Waals surface area contributed by atoms with E-state index in [1.165, 1.54) is 12.1 Å². The Morgan fingerprint density at radius 3 is 2.19 bits per heavy atom. The maximum absolute atomic E-state index is 13.0. The molecule has 4 N–H and O–H groups in total. The van der Waals surface area contributed by atoms with E-state index >= 15 is 0 Å². The van der Waals surface area contributed by atoms with Crippen LogP contribution in [0.25, 0.3) is 11.1 Å². The normalized spacial score (nSPS) is 25.1. The predicted octanol–water partition coefficient (Wildman–Crippen LogP) is 2.33. The van der Waals surface area contributed by atoms with Crippen LogP contribution in [0.3, 0.4) is 0 Å². The van der Waals surface area contributed by atoms with Gasteiger partial charge < -0.3 is 25.2 Å². The summed E-state index contributed by atoms with van der Waals surface area (Å²) in [5, 5.41) is 39.9. The van der Waals surface area contributed by atoms with Crippen LogP contribution in [0.4, 0.5) is 4.39 Å². The van der Waals surface area contributed by atoms with Crippen molar-refractivity contribution in [3.05, 3.63) is 59.9 Å². The van der Waals surface area contributed by atoms with Gasteiger partial charge in [-0.25, -0.2) is 4.39 Å². The number of hydrogen-bond acceptors (Lipinski definition) is 6. The average Bonchev–Trinajstić information content (AvgIpc) is 2.77. The van der Waals surface area contributed by atoms with Crippen molar-refractivity contribution in [1.29, 1.82) is 0 Å². The van der Waals surface area contributed by atoms with Crippen molar-refractivity contribution in [3.8, 4) is 11.1 Å². The van der Waals surface area contributed by atoms with Crippen LogP contribution in [-0.4, -0.2) is 75.5 Å². The van der Waals surface area contributed by atoms with E-state index in [-0.39, 0.29) is 12.4 Å². The van der Waals surface area contributed by atoms with E-state index in [0.29, 0.717) is 19.8 Å².